The molecule has 0 saturated carbocycles. The SMILES string of the molecule is Fc1ccc(-n2nc(CN3CCCCC3)c3c2NCCCC3)cc1. The van der Waals surface area contributed by atoms with Crippen LogP contribution in [0.1, 0.15) is 43.4 Å². The van der Waals surface area contributed by atoms with E-state index in [0.717, 1.165) is 31.0 Å². The summed E-state index contributed by atoms with van der Waals surface area (Å²) in [4.78, 5) is 2.52. The van der Waals surface area contributed by atoms with Gasteiger partial charge in [-0.1, -0.05) is 6.42 Å². The van der Waals surface area contributed by atoms with Crippen LogP contribution >= 0.6 is 0 Å². The van der Waals surface area contributed by atoms with E-state index in [1.807, 2.05) is 4.68 Å². The average Bonchev–Trinajstić information content (AvgIpc) is 2.79. The van der Waals surface area contributed by atoms with Crippen LogP contribution < -0.4 is 5.32 Å². The smallest absolute Gasteiger partial charge is 0.133 e. The van der Waals surface area contributed by atoms with Crippen LogP contribution in [-0.2, 0) is 13.0 Å². The second-order valence-corrected chi connectivity index (χ2v) is 6.88. The Labute approximate surface area is 142 Å². The molecule has 1 aromatic carbocycles. The van der Waals surface area contributed by atoms with Gasteiger partial charge in [0.15, 0.2) is 0 Å². The van der Waals surface area contributed by atoms with Gasteiger partial charge in [-0.05, 0) is 69.5 Å². The lowest BCUT2D eigenvalue weighted by atomic mass is 10.1. The van der Waals surface area contributed by atoms with Crippen LogP contribution in [0, 0.1) is 5.82 Å². The summed E-state index contributed by atoms with van der Waals surface area (Å²) in [7, 11) is 0. The van der Waals surface area contributed by atoms with E-state index in [4.69, 9.17) is 5.10 Å². The normalized spacial score (nSPS) is 18.7. The number of aromatic nitrogens is 2. The highest BCUT2D eigenvalue weighted by Gasteiger charge is 2.22. The van der Waals surface area contributed by atoms with Crippen LogP contribution in [0.4, 0.5) is 10.2 Å². The lowest BCUT2D eigenvalue weighted by Gasteiger charge is -2.25. The van der Waals surface area contributed by atoms with E-state index in [9.17, 15) is 4.39 Å². The van der Waals surface area contributed by atoms with Gasteiger partial charge in [0.2, 0.25) is 0 Å². The van der Waals surface area contributed by atoms with Crippen molar-refractivity contribution in [3.8, 4) is 5.69 Å². The Morgan fingerprint density at radius 2 is 1.79 bits per heavy atom. The molecule has 0 spiro atoms. The molecule has 4 nitrogen and oxygen atoms in total. The van der Waals surface area contributed by atoms with E-state index in [0.29, 0.717) is 0 Å². The number of nitrogens with one attached hydrogen (secondary N) is 1. The number of likely N-dealkylation sites (tertiary alicyclic amines) is 1. The van der Waals surface area contributed by atoms with Crippen molar-refractivity contribution in [2.75, 3.05) is 25.0 Å². The number of hydrogen-bond donors (Lipinski definition) is 1. The highest BCUT2D eigenvalue weighted by molar-refractivity contribution is 5.54. The molecule has 1 fully saturated rings. The Hall–Kier alpha value is -1.88. The number of halogens is 1. The second kappa shape index (κ2) is 6.93. The molecule has 1 N–H and O–H groups in total. The summed E-state index contributed by atoms with van der Waals surface area (Å²) in [5.41, 5.74) is 3.46. The second-order valence-electron chi connectivity index (χ2n) is 6.88. The van der Waals surface area contributed by atoms with Crippen LogP contribution in [0.15, 0.2) is 24.3 Å². The highest BCUT2D eigenvalue weighted by atomic mass is 19.1. The first-order chi connectivity index (χ1) is 11.8. The fraction of sp³-hybridized carbons (Fsp3) is 0.526. The molecule has 2 aromatic rings. The Kier molecular flexibility index (Phi) is 4.52. The molecule has 0 atom stereocenters. The van der Waals surface area contributed by atoms with Gasteiger partial charge in [0.05, 0.1) is 11.4 Å². The third kappa shape index (κ3) is 3.18. The molecular formula is C19H25FN4. The summed E-state index contributed by atoms with van der Waals surface area (Å²) >= 11 is 0. The molecule has 0 bridgehead atoms. The number of anilines is 1. The van der Waals surface area contributed by atoms with Gasteiger partial charge >= 0.3 is 0 Å². The molecule has 24 heavy (non-hydrogen) atoms. The number of hydrogen-bond acceptors (Lipinski definition) is 3. The number of benzene rings is 1. The van der Waals surface area contributed by atoms with Crippen molar-refractivity contribution in [2.24, 2.45) is 0 Å². The van der Waals surface area contributed by atoms with Crippen molar-refractivity contribution in [1.82, 2.24) is 14.7 Å². The van der Waals surface area contributed by atoms with Crippen molar-refractivity contribution < 1.29 is 4.39 Å². The quantitative estimate of drug-likeness (QED) is 0.931. The van der Waals surface area contributed by atoms with Crippen molar-refractivity contribution >= 4 is 5.82 Å². The fourth-order valence-corrected chi connectivity index (χ4v) is 3.80. The first-order valence-corrected chi connectivity index (χ1v) is 9.14. The molecule has 3 heterocycles. The molecule has 0 amide bonds. The van der Waals surface area contributed by atoms with Crippen LogP contribution in [0.25, 0.3) is 5.69 Å². The van der Waals surface area contributed by atoms with Crippen LogP contribution in [-0.4, -0.2) is 34.3 Å². The van der Waals surface area contributed by atoms with Crippen molar-refractivity contribution in [2.45, 2.75) is 45.1 Å². The molecule has 0 unspecified atom stereocenters. The summed E-state index contributed by atoms with van der Waals surface area (Å²) < 4.78 is 15.2. The minimum absolute atomic E-state index is 0.210. The molecule has 0 aliphatic carbocycles. The van der Waals surface area contributed by atoms with E-state index < -0.39 is 0 Å². The Morgan fingerprint density at radius 3 is 2.58 bits per heavy atom. The van der Waals surface area contributed by atoms with Gasteiger partial charge in [0.25, 0.3) is 0 Å². The van der Waals surface area contributed by atoms with E-state index in [1.165, 1.54) is 68.6 Å². The van der Waals surface area contributed by atoms with E-state index in [2.05, 4.69) is 10.2 Å². The summed E-state index contributed by atoms with van der Waals surface area (Å²) in [5.74, 6) is 0.893. The van der Waals surface area contributed by atoms with Gasteiger partial charge in [-0.15, -0.1) is 0 Å². The van der Waals surface area contributed by atoms with Crippen LogP contribution in [0.3, 0.4) is 0 Å². The zero-order chi connectivity index (χ0) is 16.4. The van der Waals surface area contributed by atoms with E-state index >= 15 is 0 Å². The molecule has 2 aliphatic rings. The molecule has 1 aromatic heterocycles. The predicted molar refractivity (Wildman–Crippen MR) is 94.1 cm³/mol. The highest BCUT2D eigenvalue weighted by Crippen LogP contribution is 2.29. The number of fused-ring (bicyclic) bond motifs is 1. The minimum atomic E-state index is -0.210. The molecule has 5 heteroatoms. The molecule has 4 rings (SSSR count). The van der Waals surface area contributed by atoms with E-state index in [1.54, 1.807) is 12.1 Å². The van der Waals surface area contributed by atoms with Gasteiger partial charge in [-0.25, -0.2) is 9.07 Å². The van der Waals surface area contributed by atoms with Crippen molar-refractivity contribution in [3.05, 3.63) is 41.3 Å². The average molecular weight is 328 g/mol. The molecule has 128 valence electrons. The fourth-order valence-electron chi connectivity index (χ4n) is 3.80. The molecule has 2 aliphatic heterocycles. The first kappa shape index (κ1) is 15.6. The standard InChI is InChI=1S/C19H25FN4/c20-15-7-9-16(10-8-15)24-19-17(6-2-3-11-21-19)18(22-24)14-23-12-4-1-5-13-23/h7-10,21H,1-6,11-14H2. The van der Waals surface area contributed by atoms with E-state index in [-0.39, 0.29) is 5.82 Å². The van der Waals surface area contributed by atoms with Crippen LogP contribution in [0.2, 0.25) is 0 Å². The van der Waals surface area contributed by atoms with Crippen molar-refractivity contribution in [3.63, 3.8) is 0 Å². The third-order valence-corrected chi connectivity index (χ3v) is 5.11. The van der Waals surface area contributed by atoms with Crippen molar-refractivity contribution in [1.29, 1.82) is 0 Å². The zero-order valence-electron chi connectivity index (χ0n) is 14.1. The number of rotatable bonds is 3. The number of nitrogens with zero attached hydrogens (tertiary/aromatic N) is 3. The predicted octanol–water partition coefficient (Wildman–Crippen LogP) is 3.75. The summed E-state index contributed by atoms with van der Waals surface area (Å²) in [6, 6.07) is 6.62. The van der Waals surface area contributed by atoms with Gasteiger partial charge in [-0.2, -0.15) is 5.10 Å². The van der Waals surface area contributed by atoms with Gasteiger partial charge in [0.1, 0.15) is 11.6 Å². The van der Waals surface area contributed by atoms with Gasteiger partial charge < -0.3 is 5.32 Å². The molecule has 0 radical (unpaired) electrons. The summed E-state index contributed by atoms with van der Waals surface area (Å²) in [6.45, 7) is 4.25. The molecule has 1 saturated heterocycles. The zero-order valence-corrected chi connectivity index (χ0v) is 14.1. The minimum Gasteiger partial charge on any atom is -0.370 e. The maximum absolute atomic E-state index is 13.3. The lowest BCUT2D eigenvalue weighted by molar-refractivity contribution is 0.217. The first-order valence-electron chi connectivity index (χ1n) is 9.14. The Bertz CT molecular complexity index is 686. The van der Waals surface area contributed by atoms with Crippen LogP contribution in [0.5, 0.6) is 0 Å². The lowest BCUT2D eigenvalue weighted by Crippen LogP contribution is -2.29. The Balaban J connectivity index is 1.69. The summed E-state index contributed by atoms with van der Waals surface area (Å²) in [6.07, 6.45) is 7.38. The largest absolute Gasteiger partial charge is 0.370 e. The topological polar surface area (TPSA) is 33.1 Å². The monoisotopic (exact) mass is 328 g/mol. The van der Waals surface area contributed by atoms with Gasteiger partial charge in [-0.3, -0.25) is 4.90 Å². The summed E-state index contributed by atoms with van der Waals surface area (Å²) in [5, 5.41) is 8.47. The molecular weight excluding hydrogens is 303 g/mol. The number of piperidine rings is 1. The maximum atomic E-state index is 13.3. The maximum Gasteiger partial charge on any atom is 0.133 e. The van der Waals surface area contributed by atoms with Gasteiger partial charge in [0, 0.05) is 18.7 Å². The third-order valence-electron chi connectivity index (χ3n) is 5.11. The Morgan fingerprint density at radius 1 is 1.00 bits per heavy atom.